The third kappa shape index (κ3) is 3.28. The van der Waals surface area contributed by atoms with Gasteiger partial charge in [-0.15, -0.1) is 0 Å². The lowest BCUT2D eigenvalue weighted by atomic mass is 9.86. The van der Waals surface area contributed by atoms with Crippen molar-refractivity contribution in [1.29, 1.82) is 0 Å². The van der Waals surface area contributed by atoms with E-state index in [1.165, 1.54) is 23.1 Å². The summed E-state index contributed by atoms with van der Waals surface area (Å²) in [5.41, 5.74) is -1.22. The fourth-order valence-corrected chi connectivity index (χ4v) is 3.95. The van der Waals surface area contributed by atoms with Crippen molar-refractivity contribution >= 4 is 33.3 Å². The molecule has 0 radical (unpaired) electrons. The molecule has 0 unspecified atom stereocenters. The largest absolute Gasteiger partial charge is 0.373 e. The number of fused-ring (bicyclic) bond motifs is 1. The molecule has 4 nitrogen and oxygen atoms in total. The van der Waals surface area contributed by atoms with E-state index in [-0.39, 0.29) is 17.7 Å². The van der Waals surface area contributed by atoms with Crippen LogP contribution >= 0.6 is 15.9 Å². The van der Waals surface area contributed by atoms with Crippen molar-refractivity contribution in [2.75, 3.05) is 4.90 Å². The van der Waals surface area contributed by atoms with Crippen LogP contribution in [0.25, 0.3) is 0 Å². The van der Waals surface area contributed by atoms with Crippen molar-refractivity contribution < 1.29 is 19.1 Å². The van der Waals surface area contributed by atoms with Crippen LogP contribution in [0.3, 0.4) is 0 Å². The van der Waals surface area contributed by atoms with Gasteiger partial charge in [-0.3, -0.25) is 9.59 Å². The molecule has 29 heavy (non-hydrogen) atoms. The minimum Gasteiger partial charge on any atom is -0.373 e. The van der Waals surface area contributed by atoms with Crippen LogP contribution in [-0.2, 0) is 16.9 Å². The first-order valence-electron chi connectivity index (χ1n) is 9.04. The molecule has 6 heteroatoms. The van der Waals surface area contributed by atoms with Crippen LogP contribution in [0.4, 0.5) is 10.1 Å². The van der Waals surface area contributed by atoms with Crippen molar-refractivity contribution in [2.45, 2.75) is 18.3 Å². The van der Waals surface area contributed by atoms with Crippen LogP contribution in [0.1, 0.15) is 21.5 Å². The van der Waals surface area contributed by atoms with Crippen LogP contribution in [0, 0.1) is 0 Å². The van der Waals surface area contributed by atoms with E-state index in [2.05, 4.69) is 15.9 Å². The van der Waals surface area contributed by atoms with E-state index >= 15 is 4.39 Å². The summed E-state index contributed by atoms with van der Waals surface area (Å²) < 4.78 is 16.1. The topological polar surface area (TPSA) is 57.6 Å². The van der Waals surface area contributed by atoms with E-state index in [9.17, 15) is 14.7 Å². The number of Topliss-reactive ketones (excluding diaryl/α,β-unsaturated/α-hetero) is 1. The highest BCUT2D eigenvalue weighted by Crippen LogP contribution is 2.45. The average molecular weight is 454 g/mol. The summed E-state index contributed by atoms with van der Waals surface area (Å²) in [7, 11) is 0. The Kier molecular flexibility index (Phi) is 5.06. The number of aliphatic hydroxyl groups is 1. The minimum absolute atomic E-state index is 0.0737. The monoisotopic (exact) mass is 453 g/mol. The summed E-state index contributed by atoms with van der Waals surface area (Å²) in [6.45, 7) is 0.156. The maximum atomic E-state index is 15.5. The standard InChI is InChI=1S/C23H17BrFNO3/c24-17-11-12-19-18(13-17)23(29,21(25)20(27)16-9-5-2-6-10-16)22(28)26(19)14-15-7-3-1-4-8-15/h1-13,21,29H,14H2/t21-,23-/m1/s1. The third-order valence-corrected chi connectivity index (χ3v) is 5.56. The number of carbonyl (C=O) groups excluding carboxylic acids is 2. The Morgan fingerprint density at radius 2 is 1.66 bits per heavy atom. The number of halogens is 2. The molecule has 0 aromatic heterocycles. The molecule has 1 heterocycles. The van der Waals surface area contributed by atoms with Gasteiger partial charge in [0.15, 0.2) is 0 Å². The van der Waals surface area contributed by atoms with Crippen molar-refractivity contribution in [3.8, 4) is 0 Å². The maximum absolute atomic E-state index is 15.5. The van der Waals surface area contributed by atoms with E-state index in [1.807, 2.05) is 30.3 Å². The Hall–Kier alpha value is -2.83. The van der Waals surface area contributed by atoms with Crippen LogP contribution in [0.5, 0.6) is 0 Å². The lowest BCUT2D eigenvalue weighted by molar-refractivity contribution is -0.141. The summed E-state index contributed by atoms with van der Waals surface area (Å²) in [6, 6.07) is 21.9. The molecular formula is C23H17BrFNO3. The van der Waals surface area contributed by atoms with Crippen molar-refractivity contribution in [2.24, 2.45) is 0 Å². The van der Waals surface area contributed by atoms with E-state index in [4.69, 9.17) is 0 Å². The second-order valence-corrected chi connectivity index (χ2v) is 7.81. The predicted octanol–water partition coefficient (Wildman–Crippen LogP) is 4.40. The fraction of sp³-hybridized carbons (Fsp3) is 0.130. The summed E-state index contributed by atoms with van der Waals surface area (Å²) in [4.78, 5) is 27.3. The molecule has 1 aliphatic heterocycles. The highest BCUT2D eigenvalue weighted by atomic mass is 79.9. The van der Waals surface area contributed by atoms with Gasteiger partial charge >= 0.3 is 0 Å². The molecule has 0 spiro atoms. The molecule has 146 valence electrons. The number of nitrogens with zero attached hydrogens (tertiary/aromatic N) is 1. The molecular weight excluding hydrogens is 437 g/mol. The van der Waals surface area contributed by atoms with Gasteiger partial charge in [-0.05, 0) is 23.8 Å². The minimum atomic E-state index is -2.60. The molecule has 0 aliphatic carbocycles. The van der Waals surface area contributed by atoms with Gasteiger partial charge in [-0.25, -0.2) is 4.39 Å². The SMILES string of the molecule is O=C(c1ccccc1)[C@@H](F)[C@@]1(O)C(=O)N(Cc2ccccc2)c2ccc(Br)cc21. The first-order valence-corrected chi connectivity index (χ1v) is 9.84. The Labute approximate surface area is 175 Å². The Morgan fingerprint density at radius 1 is 1.03 bits per heavy atom. The average Bonchev–Trinajstić information content (AvgIpc) is 2.96. The zero-order chi connectivity index (χ0) is 20.6. The van der Waals surface area contributed by atoms with Gasteiger partial charge in [-0.1, -0.05) is 76.6 Å². The molecule has 3 aromatic carbocycles. The normalized spacial score (nSPS) is 19.1. The number of rotatable bonds is 5. The molecule has 0 saturated heterocycles. The van der Waals surface area contributed by atoms with Crippen molar-refractivity contribution in [3.63, 3.8) is 0 Å². The van der Waals surface area contributed by atoms with E-state index < -0.39 is 23.5 Å². The zero-order valence-corrected chi connectivity index (χ0v) is 16.8. The number of ketones is 1. The highest BCUT2D eigenvalue weighted by molar-refractivity contribution is 9.10. The van der Waals surface area contributed by atoms with E-state index in [1.54, 1.807) is 30.3 Å². The molecule has 2 atom stereocenters. The Balaban J connectivity index is 1.78. The molecule has 1 amide bonds. The van der Waals surface area contributed by atoms with Crippen LogP contribution in [0.15, 0.2) is 83.3 Å². The Morgan fingerprint density at radius 3 is 2.31 bits per heavy atom. The van der Waals surface area contributed by atoms with Crippen LogP contribution in [0.2, 0.25) is 0 Å². The molecule has 0 saturated carbocycles. The quantitative estimate of drug-likeness (QED) is 0.582. The van der Waals surface area contributed by atoms with Gasteiger partial charge in [0.05, 0.1) is 12.2 Å². The molecule has 1 N–H and O–H groups in total. The smallest absolute Gasteiger partial charge is 0.267 e. The van der Waals surface area contributed by atoms with Gasteiger partial charge in [0, 0.05) is 15.6 Å². The zero-order valence-electron chi connectivity index (χ0n) is 15.3. The van der Waals surface area contributed by atoms with Crippen molar-refractivity contribution in [1.82, 2.24) is 0 Å². The number of hydrogen-bond acceptors (Lipinski definition) is 3. The summed E-state index contributed by atoms with van der Waals surface area (Å²) >= 11 is 3.31. The van der Waals surface area contributed by atoms with E-state index in [0.29, 0.717) is 10.2 Å². The molecule has 0 bridgehead atoms. The number of amides is 1. The number of carbonyl (C=O) groups is 2. The first-order chi connectivity index (χ1) is 13.9. The van der Waals surface area contributed by atoms with Crippen LogP contribution < -0.4 is 4.90 Å². The molecule has 1 aliphatic rings. The third-order valence-electron chi connectivity index (χ3n) is 5.07. The molecule has 4 rings (SSSR count). The van der Waals surface area contributed by atoms with Gasteiger partial charge in [-0.2, -0.15) is 0 Å². The second-order valence-electron chi connectivity index (χ2n) is 6.90. The van der Waals surface area contributed by atoms with Gasteiger partial charge in [0.25, 0.3) is 5.91 Å². The van der Waals surface area contributed by atoms with Crippen LogP contribution in [-0.4, -0.2) is 23.0 Å². The first kappa shape index (κ1) is 19.5. The van der Waals surface area contributed by atoms with Gasteiger partial charge in [0.2, 0.25) is 17.6 Å². The molecule has 3 aromatic rings. The lowest BCUT2D eigenvalue weighted by Gasteiger charge is -2.26. The number of alkyl halides is 1. The predicted molar refractivity (Wildman–Crippen MR) is 111 cm³/mol. The highest BCUT2D eigenvalue weighted by Gasteiger charge is 2.58. The maximum Gasteiger partial charge on any atom is 0.267 e. The number of anilines is 1. The van der Waals surface area contributed by atoms with Crippen molar-refractivity contribution in [3.05, 3.63) is 100 Å². The number of benzene rings is 3. The second kappa shape index (κ2) is 7.54. The van der Waals surface area contributed by atoms with E-state index in [0.717, 1.165) is 5.56 Å². The summed E-state index contributed by atoms with van der Waals surface area (Å²) in [5, 5.41) is 11.3. The number of hydrogen-bond donors (Lipinski definition) is 1. The summed E-state index contributed by atoms with van der Waals surface area (Å²) in [5.74, 6) is -1.79. The lowest BCUT2D eigenvalue weighted by Crippen LogP contribution is -2.49. The molecule has 0 fully saturated rings. The van der Waals surface area contributed by atoms with Gasteiger partial charge < -0.3 is 10.0 Å². The summed E-state index contributed by atoms with van der Waals surface area (Å²) in [6.07, 6.45) is -2.44. The Bertz CT molecular complexity index is 1070. The van der Waals surface area contributed by atoms with Gasteiger partial charge in [0.1, 0.15) is 0 Å². The fourth-order valence-electron chi connectivity index (χ4n) is 3.59.